The minimum Gasteiger partial charge on any atom is -0.312 e. The van der Waals surface area contributed by atoms with Gasteiger partial charge in [-0.2, -0.15) is 0 Å². The maximum absolute atomic E-state index is 4.34. The van der Waals surface area contributed by atoms with E-state index in [1.54, 1.807) is 11.9 Å². The van der Waals surface area contributed by atoms with E-state index in [2.05, 4.69) is 15.8 Å². The van der Waals surface area contributed by atoms with Gasteiger partial charge in [-0.1, -0.05) is 18.2 Å². The van der Waals surface area contributed by atoms with Crippen LogP contribution in [0.3, 0.4) is 0 Å². The molecule has 0 aliphatic carbocycles. The van der Waals surface area contributed by atoms with Gasteiger partial charge in [0, 0.05) is 0 Å². The van der Waals surface area contributed by atoms with Crippen molar-refractivity contribution in [2.75, 3.05) is 0 Å². The van der Waals surface area contributed by atoms with Crippen molar-refractivity contribution in [3.05, 3.63) is 48.2 Å². The average molecular weight is 215 g/mol. The van der Waals surface area contributed by atoms with Crippen molar-refractivity contribution in [3.8, 4) is 0 Å². The lowest BCUT2D eigenvalue weighted by atomic mass is 10.3. The lowest BCUT2D eigenvalue weighted by Gasteiger charge is -2.12. The quantitative estimate of drug-likeness (QED) is 0.741. The highest BCUT2D eigenvalue weighted by molar-refractivity contribution is 8.00. The summed E-state index contributed by atoms with van der Waals surface area (Å²) in [5, 5.41) is 2.00. The van der Waals surface area contributed by atoms with Gasteiger partial charge in [-0.15, -0.1) is 0 Å². The Bertz CT molecular complexity index is 554. The first-order valence-electron chi connectivity index (χ1n) is 4.66. The third kappa shape index (κ3) is 1.43. The lowest BCUT2D eigenvalue weighted by Crippen LogP contribution is -2.09. The number of imidazole rings is 1. The van der Waals surface area contributed by atoms with E-state index in [1.807, 2.05) is 46.7 Å². The van der Waals surface area contributed by atoms with Crippen molar-refractivity contribution in [3.63, 3.8) is 0 Å². The standard InChI is InChI=1S/C11H9N3S/c1-2-5-10-9(4-1)12-8-14(10)11-6-3-7-15-13-11/h1-8,13H. The summed E-state index contributed by atoms with van der Waals surface area (Å²) < 4.78 is 5.28. The molecule has 0 atom stereocenters. The van der Waals surface area contributed by atoms with E-state index in [9.17, 15) is 0 Å². The van der Waals surface area contributed by atoms with E-state index in [0.29, 0.717) is 0 Å². The summed E-state index contributed by atoms with van der Waals surface area (Å²) in [6.07, 6.45) is 5.89. The van der Waals surface area contributed by atoms with Crippen molar-refractivity contribution >= 4 is 28.8 Å². The Kier molecular flexibility index (Phi) is 1.99. The van der Waals surface area contributed by atoms with E-state index in [0.717, 1.165) is 16.9 Å². The van der Waals surface area contributed by atoms with Gasteiger partial charge in [-0.05, 0) is 35.6 Å². The van der Waals surface area contributed by atoms with Gasteiger partial charge in [0.25, 0.3) is 0 Å². The van der Waals surface area contributed by atoms with Crippen LogP contribution in [0.2, 0.25) is 0 Å². The molecule has 0 saturated carbocycles. The van der Waals surface area contributed by atoms with Crippen molar-refractivity contribution < 1.29 is 0 Å². The first-order chi connectivity index (χ1) is 7.45. The monoisotopic (exact) mass is 215 g/mol. The summed E-state index contributed by atoms with van der Waals surface area (Å²) >= 11 is 1.56. The number of para-hydroxylation sites is 2. The molecule has 3 rings (SSSR count). The van der Waals surface area contributed by atoms with E-state index in [1.165, 1.54) is 0 Å². The van der Waals surface area contributed by atoms with Crippen LogP contribution in [-0.4, -0.2) is 9.55 Å². The summed E-state index contributed by atoms with van der Waals surface area (Å²) in [6, 6.07) is 8.09. The Labute approximate surface area is 91.6 Å². The lowest BCUT2D eigenvalue weighted by molar-refractivity contribution is 1.06. The van der Waals surface area contributed by atoms with Crippen molar-refractivity contribution in [2.45, 2.75) is 0 Å². The summed E-state index contributed by atoms with van der Waals surface area (Å²) in [4.78, 5) is 4.34. The first kappa shape index (κ1) is 8.61. The summed E-state index contributed by atoms with van der Waals surface area (Å²) in [5.41, 5.74) is 2.13. The van der Waals surface area contributed by atoms with Crippen LogP contribution in [0, 0.1) is 0 Å². The van der Waals surface area contributed by atoms with Crippen LogP contribution in [0.25, 0.3) is 16.9 Å². The summed E-state index contributed by atoms with van der Waals surface area (Å²) in [7, 11) is 0. The predicted octanol–water partition coefficient (Wildman–Crippen LogP) is 2.60. The Morgan fingerprint density at radius 3 is 3.07 bits per heavy atom. The zero-order chi connectivity index (χ0) is 10.1. The number of hydrogen-bond acceptors (Lipinski definition) is 3. The molecule has 15 heavy (non-hydrogen) atoms. The van der Waals surface area contributed by atoms with Gasteiger partial charge in [0.1, 0.15) is 12.1 Å². The van der Waals surface area contributed by atoms with Crippen LogP contribution in [0.4, 0.5) is 0 Å². The third-order valence-corrected chi connectivity index (χ3v) is 2.90. The Balaban J connectivity index is 2.18. The topological polar surface area (TPSA) is 29.9 Å². The number of rotatable bonds is 1. The fraction of sp³-hybridized carbons (Fsp3) is 0. The molecule has 0 fully saturated rings. The average Bonchev–Trinajstić information content (AvgIpc) is 2.74. The second-order valence-corrected chi connectivity index (χ2v) is 3.92. The summed E-state index contributed by atoms with van der Waals surface area (Å²) in [5.74, 6) is 1.04. The van der Waals surface area contributed by atoms with Gasteiger partial charge >= 0.3 is 0 Å². The maximum atomic E-state index is 4.34. The van der Waals surface area contributed by atoms with E-state index in [-0.39, 0.29) is 0 Å². The van der Waals surface area contributed by atoms with Gasteiger partial charge in [0.2, 0.25) is 0 Å². The number of aromatic nitrogens is 2. The number of nitrogens with zero attached hydrogens (tertiary/aromatic N) is 2. The predicted molar refractivity (Wildman–Crippen MR) is 63.9 cm³/mol. The minimum atomic E-state index is 1.01. The highest BCUT2D eigenvalue weighted by atomic mass is 32.2. The molecule has 1 aliphatic heterocycles. The molecule has 1 aromatic carbocycles. The van der Waals surface area contributed by atoms with Crippen LogP contribution in [-0.2, 0) is 0 Å². The number of allylic oxidation sites excluding steroid dienone is 2. The fourth-order valence-corrected chi connectivity index (χ4v) is 2.09. The second kappa shape index (κ2) is 3.47. The first-order valence-corrected chi connectivity index (χ1v) is 5.54. The Morgan fingerprint density at radius 1 is 1.27 bits per heavy atom. The van der Waals surface area contributed by atoms with Crippen molar-refractivity contribution in [2.24, 2.45) is 0 Å². The molecule has 0 unspecified atom stereocenters. The highest BCUT2D eigenvalue weighted by Crippen LogP contribution is 2.19. The Hall–Kier alpha value is -1.68. The van der Waals surface area contributed by atoms with E-state index >= 15 is 0 Å². The molecule has 1 aliphatic rings. The summed E-state index contributed by atoms with van der Waals surface area (Å²) in [6.45, 7) is 0. The van der Waals surface area contributed by atoms with Crippen LogP contribution >= 0.6 is 11.9 Å². The van der Waals surface area contributed by atoms with Crippen LogP contribution in [0.1, 0.15) is 0 Å². The molecule has 2 heterocycles. The van der Waals surface area contributed by atoms with Gasteiger partial charge in [-0.25, -0.2) is 4.98 Å². The Morgan fingerprint density at radius 2 is 2.20 bits per heavy atom. The number of benzene rings is 1. The van der Waals surface area contributed by atoms with E-state index in [4.69, 9.17) is 0 Å². The number of nitrogens with one attached hydrogen (secondary N) is 1. The van der Waals surface area contributed by atoms with Gasteiger partial charge in [0.05, 0.1) is 11.0 Å². The zero-order valence-corrected chi connectivity index (χ0v) is 8.74. The number of fused-ring (bicyclic) bond motifs is 1. The molecule has 0 saturated heterocycles. The van der Waals surface area contributed by atoms with Gasteiger partial charge in [0.15, 0.2) is 0 Å². The van der Waals surface area contributed by atoms with Gasteiger partial charge in [-0.3, -0.25) is 4.57 Å². The van der Waals surface area contributed by atoms with Crippen molar-refractivity contribution in [1.82, 2.24) is 14.3 Å². The van der Waals surface area contributed by atoms with Crippen LogP contribution < -0.4 is 4.72 Å². The van der Waals surface area contributed by atoms with Crippen LogP contribution in [0.15, 0.2) is 48.2 Å². The third-order valence-electron chi connectivity index (χ3n) is 2.28. The van der Waals surface area contributed by atoms with Gasteiger partial charge < -0.3 is 4.72 Å². The molecule has 1 N–H and O–H groups in total. The molecule has 0 spiro atoms. The zero-order valence-electron chi connectivity index (χ0n) is 7.92. The van der Waals surface area contributed by atoms with Crippen molar-refractivity contribution in [1.29, 1.82) is 0 Å². The maximum Gasteiger partial charge on any atom is 0.122 e. The molecular weight excluding hydrogens is 206 g/mol. The normalized spacial score (nSPS) is 15.1. The molecule has 1 aromatic heterocycles. The molecule has 74 valence electrons. The molecule has 0 radical (unpaired) electrons. The van der Waals surface area contributed by atoms with Crippen LogP contribution in [0.5, 0.6) is 0 Å². The molecule has 4 heteroatoms. The molecule has 2 aromatic rings. The minimum absolute atomic E-state index is 1.01. The van der Waals surface area contributed by atoms with E-state index < -0.39 is 0 Å². The highest BCUT2D eigenvalue weighted by Gasteiger charge is 2.06. The molecule has 0 bridgehead atoms. The molecule has 0 amide bonds. The fourth-order valence-electron chi connectivity index (χ4n) is 1.58. The smallest absolute Gasteiger partial charge is 0.122 e. The number of hydrogen-bond donors (Lipinski definition) is 1. The SMILES string of the molecule is C1=CSNC(n2cnc3ccccc32)=C1. The second-order valence-electron chi connectivity index (χ2n) is 3.20. The molecule has 3 nitrogen and oxygen atoms in total. The molecular formula is C11H9N3S. The largest absolute Gasteiger partial charge is 0.312 e.